The average molecular weight is 661 g/mol. The van der Waals surface area contributed by atoms with Crippen molar-refractivity contribution in [3.05, 3.63) is 22.7 Å². The van der Waals surface area contributed by atoms with Gasteiger partial charge in [0.15, 0.2) is 17.8 Å². The smallest absolute Gasteiger partial charge is 0.351 e. The molecule has 4 rings (SSSR count). The normalized spacial score (nSPS) is 29.6. The molecule has 2 unspecified atom stereocenters. The molecule has 0 bridgehead atoms. The van der Waals surface area contributed by atoms with Crippen molar-refractivity contribution in [2.24, 2.45) is 0 Å². The van der Waals surface area contributed by atoms with Gasteiger partial charge in [-0.1, -0.05) is 0 Å². The van der Waals surface area contributed by atoms with Crippen LogP contribution in [0.3, 0.4) is 0 Å². The summed E-state index contributed by atoms with van der Waals surface area (Å²) in [5.41, 5.74) is -0.721. The molecule has 3 saturated heterocycles. The molecular weight excluding hydrogens is 631 g/mol. The maximum Gasteiger partial charge on any atom is 0.351 e. The summed E-state index contributed by atoms with van der Waals surface area (Å²) in [5.74, 6) is -1.45. The number of phosphoric ester groups is 1. The third-order valence-electron chi connectivity index (χ3n) is 6.29. The Labute approximate surface area is 239 Å². The van der Waals surface area contributed by atoms with Crippen molar-refractivity contribution in [3.8, 4) is 0 Å². The molecule has 1 N–H and O–H groups in total. The van der Waals surface area contributed by atoms with Gasteiger partial charge in [0.2, 0.25) is 0 Å². The molecule has 240 valence electrons. The van der Waals surface area contributed by atoms with E-state index >= 15 is 0 Å². The number of ether oxygens (including phenoxy) is 5. The Morgan fingerprint density at radius 1 is 1.02 bits per heavy atom. The minimum Gasteiger partial charge on any atom is -0.790 e. The predicted octanol–water partition coefficient (Wildman–Crippen LogP) is -1.18. The van der Waals surface area contributed by atoms with E-state index in [2.05, 4.69) is 23.4 Å². The van der Waals surface area contributed by atoms with Crippen LogP contribution in [-0.4, -0.2) is 65.8 Å². The standard InChI is InChI=1S/C20H34N3O16P3/c1-19(2)36-15-13(12-34-41(28,29)39-42(30,31)38-40(25,26)27)35-17(16(15)37-19)23-9-6-14(22-18(23)24)21-8-5-4-7-20(3)32-10-11-33-20/h6,9,13,15-17H,4-5,7-8,10-12H2,1-3H3,(H,28,29)(H,30,31)(H,21,22,24)(H2,25,26,27)/p-4/t13-,15-,16-,17-/m1/s1. The minimum absolute atomic E-state index is 0.309. The van der Waals surface area contributed by atoms with Crippen LogP contribution in [0.2, 0.25) is 0 Å². The van der Waals surface area contributed by atoms with Crippen molar-refractivity contribution in [1.29, 1.82) is 0 Å². The summed E-state index contributed by atoms with van der Waals surface area (Å²) in [6.45, 7) is 5.78. The number of phosphoric acid groups is 3. The van der Waals surface area contributed by atoms with E-state index in [9.17, 15) is 38.1 Å². The third-order valence-corrected chi connectivity index (χ3v) is 9.95. The number of hydrogen-bond acceptors (Lipinski definition) is 18. The number of rotatable bonds is 14. The van der Waals surface area contributed by atoms with Crippen LogP contribution in [0.5, 0.6) is 0 Å². The molecule has 1 aromatic heterocycles. The van der Waals surface area contributed by atoms with Crippen LogP contribution in [0, 0.1) is 0 Å². The molecule has 3 aliphatic heterocycles. The summed E-state index contributed by atoms with van der Waals surface area (Å²) in [5, 5.41) is 3.06. The first-order chi connectivity index (χ1) is 19.4. The molecule has 4 heterocycles. The van der Waals surface area contributed by atoms with Gasteiger partial charge in [0.05, 0.1) is 27.6 Å². The SMILES string of the molecule is CC1(C)O[C@@H]2[C@H](O1)[C@@H](COP(=O)([O-])OP(=O)([O-])OP(=O)([O-])[O-])O[C@H]2n1ccc(NCCCCC2(C)OCCO2)nc1=O. The zero-order chi connectivity index (χ0) is 31.0. The Balaban J connectivity index is 1.36. The van der Waals surface area contributed by atoms with Crippen LogP contribution < -0.4 is 30.6 Å². The van der Waals surface area contributed by atoms with E-state index in [-0.39, 0.29) is 0 Å². The maximum atomic E-state index is 12.9. The van der Waals surface area contributed by atoms with Crippen LogP contribution in [0.1, 0.15) is 46.3 Å². The van der Waals surface area contributed by atoms with Crippen LogP contribution in [0.4, 0.5) is 5.82 Å². The minimum atomic E-state index is -6.14. The summed E-state index contributed by atoms with van der Waals surface area (Å²) < 4.78 is 74.8. The Morgan fingerprint density at radius 2 is 1.69 bits per heavy atom. The number of aromatic nitrogens is 2. The van der Waals surface area contributed by atoms with Crippen LogP contribution in [-0.2, 0) is 50.5 Å². The van der Waals surface area contributed by atoms with Crippen molar-refractivity contribution in [2.75, 3.05) is 31.7 Å². The van der Waals surface area contributed by atoms with E-state index in [1.165, 1.54) is 12.3 Å². The molecule has 0 spiro atoms. The molecule has 3 fully saturated rings. The zero-order valence-corrected chi connectivity index (χ0v) is 25.4. The highest BCUT2D eigenvalue weighted by Crippen LogP contribution is 2.60. The van der Waals surface area contributed by atoms with Crippen molar-refractivity contribution in [1.82, 2.24) is 9.55 Å². The van der Waals surface area contributed by atoms with E-state index in [0.717, 1.165) is 23.8 Å². The molecule has 3 aliphatic rings. The zero-order valence-electron chi connectivity index (χ0n) is 22.7. The van der Waals surface area contributed by atoms with Crippen molar-refractivity contribution in [2.45, 2.75) is 76.1 Å². The van der Waals surface area contributed by atoms with E-state index in [0.29, 0.717) is 25.6 Å². The summed E-state index contributed by atoms with van der Waals surface area (Å²) in [6, 6.07) is 1.53. The van der Waals surface area contributed by atoms with E-state index in [1.54, 1.807) is 13.8 Å². The first-order valence-corrected chi connectivity index (χ1v) is 17.1. The second kappa shape index (κ2) is 12.7. The van der Waals surface area contributed by atoms with E-state index < -0.39 is 71.9 Å². The topological polar surface area (TPSA) is 264 Å². The number of anilines is 1. The maximum absolute atomic E-state index is 12.9. The molecule has 0 aromatic carbocycles. The molecule has 0 radical (unpaired) electrons. The van der Waals surface area contributed by atoms with Gasteiger partial charge in [-0.25, -0.2) is 9.11 Å². The monoisotopic (exact) mass is 661 g/mol. The quantitative estimate of drug-likeness (QED) is 0.182. The number of fused-ring (bicyclic) bond motifs is 1. The second-order valence-electron chi connectivity index (χ2n) is 10.1. The largest absolute Gasteiger partial charge is 0.790 e. The van der Waals surface area contributed by atoms with Gasteiger partial charge >= 0.3 is 5.69 Å². The van der Waals surface area contributed by atoms with Gasteiger partial charge in [0, 0.05) is 19.2 Å². The van der Waals surface area contributed by atoms with E-state index in [1.807, 2.05) is 6.92 Å². The Morgan fingerprint density at radius 3 is 2.33 bits per heavy atom. The Bertz CT molecular complexity index is 1310. The predicted molar refractivity (Wildman–Crippen MR) is 130 cm³/mol. The number of nitrogens with zero attached hydrogens (tertiary/aromatic N) is 2. The van der Waals surface area contributed by atoms with Crippen LogP contribution in [0.15, 0.2) is 17.1 Å². The van der Waals surface area contributed by atoms with Crippen LogP contribution in [0.25, 0.3) is 0 Å². The van der Waals surface area contributed by atoms with Gasteiger partial charge in [-0.05, 0) is 39.7 Å². The Hall–Kier alpha value is -1.11. The molecule has 0 amide bonds. The summed E-state index contributed by atoms with van der Waals surface area (Å²) in [6.07, 6.45) is -0.648. The summed E-state index contributed by atoms with van der Waals surface area (Å²) in [4.78, 5) is 61.3. The molecular formula is C20H30N3O16P3-4. The summed E-state index contributed by atoms with van der Waals surface area (Å²) in [7, 11) is -18.1. The van der Waals surface area contributed by atoms with Gasteiger partial charge in [0.25, 0.3) is 15.6 Å². The van der Waals surface area contributed by atoms with Gasteiger partial charge in [0.1, 0.15) is 24.1 Å². The first-order valence-electron chi connectivity index (χ1n) is 12.7. The highest BCUT2D eigenvalue weighted by molar-refractivity contribution is 7.64. The lowest BCUT2D eigenvalue weighted by Gasteiger charge is -2.37. The third kappa shape index (κ3) is 9.20. The van der Waals surface area contributed by atoms with Gasteiger partial charge < -0.3 is 57.7 Å². The number of nitrogens with one attached hydrogen (secondary N) is 1. The highest BCUT2D eigenvalue weighted by atomic mass is 31.3. The van der Waals surface area contributed by atoms with Crippen molar-refractivity contribution in [3.63, 3.8) is 0 Å². The molecule has 1 aromatic rings. The average Bonchev–Trinajstić information content (AvgIpc) is 3.48. The lowest BCUT2D eigenvalue weighted by atomic mass is 10.1. The summed E-state index contributed by atoms with van der Waals surface area (Å²) >= 11 is 0. The second-order valence-corrected chi connectivity index (χ2v) is 14.4. The fourth-order valence-corrected chi connectivity index (χ4v) is 7.52. The molecule has 22 heteroatoms. The molecule has 19 nitrogen and oxygen atoms in total. The lowest BCUT2D eigenvalue weighted by molar-refractivity contribution is -0.339. The highest BCUT2D eigenvalue weighted by Gasteiger charge is 2.56. The first kappa shape index (κ1) is 33.8. The van der Waals surface area contributed by atoms with Crippen molar-refractivity contribution < 1.29 is 70.1 Å². The lowest BCUT2D eigenvalue weighted by Crippen LogP contribution is -2.35. The van der Waals surface area contributed by atoms with E-state index in [4.69, 9.17) is 23.7 Å². The van der Waals surface area contributed by atoms with Gasteiger partial charge in [-0.15, -0.1) is 0 Å². The number of hydrogen-bond donors (Lipinski definition) is 1. The fraction of sp³-hybridized carbons (Fsp3) is 0.800. The Kier molecular flexibility index (Phi) is 10.2. The van der Waals surface area contributed by atoms with Gasteiger partial charge in [-0.2, -0.15) is 4.98 Å². The molecule has 0 saturated carbocycles. The van der Waals surface area contributed by atoms with Gasteiger partial charge in [-0.3, -0.25) is 18.0 Å². The van der Waals surface area contributed by atoms with Crippen LogP contribution >= 0.6 is 23.5 Å². The fourth-order valence-electron chi connectivity index (χ4n) is 4.66. The number of unbranched alkanes of at least 4 members (excludes halogenated alkanes) is 1. The molecule has 0 aliphatic carbocycles. The van der Waals surface area contributed by atoms with Crippen molar-refractivity contribution >= 4 is 29.3 Å². The molecule has 42 heavy (non-hydrogen) atoms. The molecule has 6 atom stereocenters.